The van der Waals surface area contributed by atoms with E-state index in [1.807, 2.05) is 23.0 Å². The van der Waals surface area contributed by atoms with Crippen molar-refractivity contribution in [1.29, 1.82) is 0 Å². The van der Waals surface area contributed by atoms with Gasteiger partial charge in [-0.2, -0.15) is 5.10 Å². The van der Waals surface area contributed by atoms with Crippen LogP contribution in [0.5, 0.6) is 0 Å². The Morgan fingerprint density at radius 3 is 3.06 bits per heavy atom. The van der Waals surface area contributed by atoms with Crippen LogP contribution in [-0.4, -0.2) is 16.3 Å². The van der Waals surface area contributed by atoms with E-state index in [0.29, 0.717) is 0 Å². The van der Waals surface area contributed by atoms with Gasteiger partial charge in [0.05, 0.1) is 17.1 Å². The summed E-state index contributed by atoms with van der Waals surface area (Å²) < 4.78 is 2.78. The normalized spacial score (nSPS) is 10.9. The van der Waals surface area contributed by atoms with Crippen LogP contribution in [0, 0.1) is 0 Å². The van der Waals surface area contributed by atoms with Crippen LogP contribution < -0.4 is 5.32 Å². The van der Waals surface area contributed by atoms with Crippen LogP contribution in [0.1, 0.15) is 23.8 Å². The smallest absolute Gasteiger partial charge is 0.0931 e. The summed E-state index contributed by atoms with van der Waals surface area (Å²) >= 11 is 7.50. The molecule has 2 rings (SSSR count). The van der Waals surface area contributed by atoms with E-state index in [-0.39, 0.29) is 0 Å². The van der Waals surface area contributed by atoms with Crippen molar-refractivity contribution < 1.29 is 0 Å². The van der Waals surface area contributed by atoms with Crippen LogP contribution in [0.4, 0.5) is 0 Å². The van der Waals surface area contributed by atoms with Gasteiger partial charge in [-0.25, -0.2) is 0 Å². The highest BCUT2D eigenvalue weighted by atomic mass is 35.5. The fourth-order valence-corrected chi connectivity index (χ4v) is 2.67. The quantitative estimate of drug-likeness (QED) is 0.817. The van der Waals surface area contributed by atoms with E-state index in [2.05, 4.69) is 23.5 Å². The molecule has 92 valence electrons. The van der Waals surface area contributed by atoms with Gasteiger partial charge < -0.3 is 5.32 Å². The fraction of sp³-hybridized carbons (Fsp3) is 0.417. The summed E-state index contributed by atoms with van der Waals surface area (Å²) in [5.74, 6) is 0. The first-order valence-electron chi connectivity index (χ1n) is 5.74. The predicted octanol–water partition coefficient (Wildman–Crippen LogP) is 3.15. The van der Waals surface area contributed by atoms with Crippen molar-refractivity contribution in [3.05, 3.63) is 39.3 Å². The highest BCUT2D eigenvalue weighted by molar-refractivity contribution is 7.16. The Balaban J connectivity index is 1.89. The molecule has 0 fully saturated rings. The number of halogens is 1. The number of aromatic nitrogens is 2. The maximum absolute atomic E-state index is 5.90. The molecule has 0 saturated carbocycles. The molecular formula is C12H16ClN3S. The van der Waals surface area contributed by atoms with Crippen LogP contribution in [-0.2, 0) is 13.1 Å². The van der Waals surface area contributed by atoms with Gasteiger partial charge in [0.1, 0.15) is 0 Å². The zero-order valence-electron chi connectivity index (χ0n) is 9.82. The topological polar surface area (TPSA) is 29.9 Å². The molecular weight excluding hydrogens is 254 g/mol. The lowest BCUT2D eigenvalue weighted by atomic mass is 10.3. The van der Waals surface area contributed by atoms with E-state index in [1.54, 1.807) is 11.3 Å². The molecule has 0 spiro atoms. The summed E-state index contributed by atoms with van der Waals surface area (Å²) in [6, 6.07) is 3.97. The van der Waals surface area contributed by atoms with Gasteiger partial charge >= 0.3 is 0 Å². The molecule has 0 aliphatic carbocycles. The Labute approximate surface area is 110 Å². The van der Waals surface area contributed by atoms with Crippen LogP contribution >= 0.6 is 22.9 Å². The van der Waals surface area contributed by atoms with Crippen molar-refractivity contribution in [3.8, 4) is 0 Å². The summed E-state index contributed by atoms with van der Waals surface area (Å²) in [6.45, 7) is 4.90. The van der Waals surface area contributed by atoms with Crippen molar-refractivity contribution >= 4 is 22.9 Å². The van der Waals surface area contributed by atoms with Gasteiger partial charge in [0.15, 0.2) is 0 Å². The lowest BCUT2D eigenvalue weighted by Crippen LogP contribution is -2.13. The van der Waals surface area contributed by atoms with Crippen molar-refractivity contribution in [3.63, 3.8) is 0 Å². The minimum Gasteiger partial charge on any atom is -0.313 e. The highest BCUT2D eigenvalue weighted by Gasteiger charge is 2.01. The number of thiophene rings is 1. The van der Waals surface area contributed by atoms with Crippen molar-refractivity contribution in [2.24, 2.45) is 0 Å². The standard InChI is InChI=1S/C12H16ClN3S/c1-2-5-14-6-10-7-15-16(8-10)9-11-3-4-12(13)17-11/h3-4,7-8,14H,2,5-6,9H2,1H3. The zero-order valence-corrected chi connectivity index (χ0v) is 11.4. The average molecular weight is 270 g/mol. The minimum atomic E-state index is 0.797. The third-order valence-corrected chi connectivity index (χ3v) is 3.61. The van der Waals surface area contributed by atoms with E-state index in [9.17, 15) is 0 Å². The molecule has 0 bridgehead atoms. The Hall–Kier alpha value is -0.840. The Bertz CT molecular complexity index is 464. The largest absolute Gasteiger partial charge is 0.313 e. The van der Waals surface area contributed by atoms with Crippen LogP contribution in [0.2, 0.25) is 4.34 Å². The molecule has 0 radical (unpaired) electrons. The SMILES string of the molecule is CCCNCc1cnn(Cc2ccc(Cl)s2)c1. The Morgan fingerprint density at radius 1 is 1.47 bits per heavy atom. The number of rotatable bonds is 6. The molecule has 2 aromatic rings. The van der Waals surface area contributed by atoms with Gasteiger partial charge in [-0.05, 0) is 25.1 Å². The average Bonchev–Trinajstić information content (AvgIpc) is 2.90. The molecule has 0 atom stereocenters. The van der Waals surface area contributed by atoms with Gasteiger partial charge in [-0.15, -0.1) is 11.3 Å². The molecule has 17 heavy (non-hydrogen) atoms. The number of hydrogen-bond acceptors (Lipinski definition) is 3. The van der Waals surface area contributed by atoms with E-state index in [4.69, 9.17) is 11.6 Å². The van der Waals surface area contributed by atoms with Gasteiger partial charge in [-0.3, -0.25) is 4.68 Å². The first-order chi connectivity index (χ1) is 8.28. The second kappa shape index (κ2) is 6.19. The number of nitrogens with one attached hydrogen (secondary N) is 1. The number of nitrogens with zero attached hydrogens (tertiary/aromatic N) is 2. The first kappa shape index (κ1) is 12.6. The van der Waals surface area contributed by atoms with E-state index >= 15 is 0 Å². The first-order valence-corrected chi connectivity index (χ1v) is 6.93. The molecule has 0 amide bonds. The van der Waals surface area contributed by atoms with Crippen molar-refractivity contribution in [2.45, 2.75) is 26.4 Å². The number of hydrogen-bond donors (Lipinski definition) is 1. The Kier molecular flexibility index (Phi) is 4.59. The summed E-state index contributed by atoms with van der Waals surface area (Å²) in [7, 11) is 0. The van der Waals surface area contributed by atoms with Gasteiger partial charge in [0.25, 0.3) is 0 Å². The third kappa shape index (κ3) is 3.84. The third-order valence-electron chi connectivity index (χ3n) is 2.39. The van der Waals surface area contributed by atoms with E-state index in [1.165, 1.54) is 10.4 Å². The lowest BCUT2D eigenvalue weighted by Gasteiger charge is -1.99. The fourth-order valence-electron chi connectivity index (χ4n) is 1.59. The summed E-state index contributed by atoms with van der Waals surface area (Å²) in [5.41, 5.74) is 1.22. The molecule has 5 heteroatoms. The molecule has 1 N–H and O–H groups in total. The second-order valence-corrected chi connectivity index (χ2v) is 5.73. The summed E-state index contributed by atoms with van der Waals surface area (Å²) in [4.78, 5) is 1.23. The van der Waals surface area contributed by atoms with Crippen LogP contribution in [0.3, 0.4) is 0 Å². The van der Waals surface area contributed by atoms with Crippen molar-refractivity contribution in [1.82, 2.24) is 15.1 Å². The van der Waals surface area contributed by atoms with E-state index in [0.717, 1.165) is 30.4 Å². The van der Waals surface area contributed by atoms with Gasteiger partial charge in [-0.1, -0.05) is 18.5 Å². The maximum Gasteiger partial charge on any atom is 0.0931 e. The van der Waals surface area contributed by atoms with Crippen LogP contribution in [0.25, 0.3) is 0 Å². The molecule has 2 aromatic heterocycles. The highest BCUT2D eigenvalue weighted by Crippen LogP contribution is 2.21. The van der Waals surface area contributed by atoms with Gasteiger partial charge in [0, 0.05) is 23.2 Å². The minimum absolute atomic E-state index is 0.797. The monoisotopic (exact) mass is 269 g/mol. The molecule has 0 saturated heterocycles. The molecule has 0 aliphatic heterocycles. The lowest BCUT2D eigenvalue weighted by molar-refractivity contribution is 0.670. The summed E-state index contributed by atoms with van der Waals surface area (Å²) in [6.07, 6.45) is 5.15. The molecule has 0 aromatic carbocycles. The molecule has 3 nitrogen and oxygen atoms in total. The van der Waals surface area contributed by atoms with Crippen molar-refractivity contribution in [2.75, 3.05) is 6.54 Å². The molecule has 2 heterocycles. The zero-order chi connectivity index (χ0) is 12.1. The molecule has 0 aliphatic rings. The van der Waals surface area contributed by atoms with Gasteiger partial charge in [0.2, 0.25) is 0 Å². The Morgan fingerprint density at radius 2 is 2.35 bits per heavy atom. The second-order valence-electron chi connectivity index (χ2n) is 3.93. The predicted molar refractivity (Wildman–Crippen MR) is 72.7 cm³/mol. The van der Waals surface area contributed by atoms with E-state index < -0.39 is 0 Å². The van der Waals surface area contributed by atoms with Crippen LogP contribution in [0.15, 0.2) is 24.5 Å². The molecule has 0 unspecified atom stereocenters. The summed E-state index contributed by atoms with van der Waals surface area (Å²) in [5, 5.41) is 7.70. The maximum atomic E-state index is 5.90.